The predicted octanol–water partition coefficient (Wildman–Crippen LogP) is 5.71. The van der Waals surface area contributed by atoms with Gasteiger partial charge in [0.1, 0.15) is 21.2 Å². The van der Waals surface area contributed by atoms with Crippen LogP contribution in [0.4, 0.5) is 21.9 Å². The van der Waals surface area contributed by atoms with Crippen molar-refractivity contribution < 1.29 is 19.1 Å². The Morgan fingerprint density at radius 2 is 1.95 bits per heavy atom. The topological polar surface area (TPSA) is 104 Å². The number of carbonyl (C=O) groups is 3. The molecule has 0 bridgehead atoms. The third kappa shape index (κ3) is 4.89. The molecule has 0 spiro atoms. The molecule has 4 amide bonds. The molecule has 2 N–H and O–H groups in total. The summed E-state index contributed by atoms with van der Waals surface area (Å²) in [4.78, 5) is 47.5. The Hall–Kier alpha value is -4.35. The third-order valence-corrected chi connectivity index (χ3v) is 7.95. The molecule has 2 aromatic carbocycles. The summed E-state index contributed by atoms with van der Waals surface area (Å²) in [5, 5.41) is 6.66. The number of nitrogens with zero attached hydrogens (tertiary/aromatic N) is 3. The fourth-order valence-electron chi connectivity index (χ4n) is 5.01. The van der Waals surface area contributed by atoms with Gasteiger partial charge in [-0.1, -0.05) is 24.8 Å². The van der Waals surface area contributed by atoms with Crippen molar-refractivity contribution in [2.24, 2.45) is 0 Å². The molecule has 1 saturated heterocycles. The predicted molar refractivity (Wildman–Crippen MR) is 162 cm³/mol. The van der Waals surface area contributed by atoms with Crippen molar-refractivity contribution in [3.63, 3.8) is 0 Å². The van der Waals surface area contributed by atoms with E-state index < -0.39 is 0 Å². The number of benzene rings is 2. The van der Waals surface area contributed by atoms with Gasteiger partial charge in [0.25, 0.3) is 5.91 Å². The van der Waals surface area contributed by atoms with Crippen molar-refractivity contribution >= 4 is 70.0 Å². The molecule has 9 nitrogen and oxygen atoms in total. The maximum atomic E-state index is 13.5. The van der Waals surface area contributed by atoms with Gasteiger partial charge in [-0.25, -0.2) is 9.78 Å². The summed E-state index contributed by atoms with van der Waals surface area (Å²) in [5.41, 5.74) is 2.65. The summed E-state index contributed by atoms with van der Waals surface area (Å²) < 4.78 is 5.95. The number of hydrogen-bond acceptors (Lipinski definition) is 6. The average molecular weight is 574 g/mol. The van der Waals surface area contributed by atoms with Gasteiger partial charge in [-0.3, -0.25) is 14.5 Å². The quantitative estimate of drug-likeness (QED) is 0.288. The first-order valence-electron chi connectivity index (χ1n) is 12.5. The maximum absolute atomic E-state index is 13.5. The zero-order valence-corrected chi connectivity index (χ0v) is 23.5. The van der Waals surface area contributed by atoms with Crippen molar-refractivity contribution in [1.29, 1.82) is 0 Å². The van der Waals surface area contributed by atoms with Gasteiger partial charge in [0.2, 0.25) is 5.91 Å². The standard InChI is InChI=1S/C29H25N5O4S.H2S/c1-3-23(35)33-14-12-18(16-33)31-27(36)26-25-24-22(11-13-30-28(24)39-26)34(29(37)32-25)21-10-9-20(15-17(21)2)38-19-7-5-4-6-8-19;/h3-11,13,15,18H,1,12,14,16H2,2H3,(H,31,36)(H,32,37);1H2/t18-;/m0./s1. The van der Waals surface area contributed by atoms with Gasteiger partial charge in [0.15, 0.2) is 0 Å². The van der Waals surface area contributed by atoms with E-state index in [-0.39, 0.29) is 37.4 Å². The first kappa shape index (κ1) is 27.2. The second kappa shape index (κ2) is 11.0. The van der Waals surface area contributed by atoms with E-state index in [1.54, 1.807) is 22.1 Å². The average Bonchev–Trinajstić information content (AvgIpc) is 3.55. The number of carbonyl (C=O) groups excluding carboxylic acids is 3. The van der Waals surface area contributed by atoms with E-state index in [2.05, 4.69) is 22.2 Å². The molecule has 1 fully saturated rings. The number of rotatable bonds is 6. The third-order valence-electron chi connectivity index (χ3n) is 6.85. The zero-order valence-electron chi connectivity index (χ0n) is 21.6. The summed E-state index contributed by atoms with van der Waals surface area (Å²) in [6.45, 7) is 6.42. The van der Waals surface area contributed by atoms with Crippen LogP contribution >= 0.6 is 24.8 Å². The largest absolute Gasteiger partial charge is 0.457 e. The fourth-order valence-corrected chi connectivity index (χ4v) is 6.03. The van der Waals surface area contributed by atoms with Crippen LogP contribution in [0.1, 0.15) is 21.7 Å². The Morgan fingerprint density at radius 1 is 1.15 bits per heavy atom. The van der Waals surface area contributed by atoms with Gasteiger partial charge in [-0.15, -0.1) is 11.3 Å². The highest BCUT2D eigenvalue weighted by atomic mass is 32.1. The van der Waals surface area contributed by atoms with E-state index in [0.717, 1.165) is 11.3 Å². The summed E-state index contributed by atoms with van der Waals surface area (Å²) >= 11 is 1.23. The van der Waals surface area contributed by atoms with Crippen LogP contribution in [0.15, 0.2) is 73.4 Å². The highest BCUT2D eigenvalue weighted by Crippen LogP contribution is 2.46. The van der Waals surface area contributed by atoms with Gasteiger partial charge in [-0.2, -0.15) is 13.5 Å². The summed E-state index contributed by atoms with van der Waals surface area (Å²) in [5.74, 6) is 0.932. The molecular formula is C29H27N5O4S2. The molecule has 40 heavy (non-hydrogen) atoms. The minimum Gasteiger partial charge on any atom is -0.457 e. The second-order valence-corrected chi connectivity index (χ2v) is 10.4. The molecule has 4 aromatic rings. The lowest BCUT2D eigenvalue weighted by atomic mass is 10.1. The highest BCUT2D eigenvalue weighted by molar-refractivity contribution is 7.59. The van der Waals surface area contributed by atoms with E-state index in [1.165, 1.54) is 17.4 Å². The van der Waals surface area contributed by atoms with Crippen molar-refractivity contribution in [3.8, 4) is 11.5 Å². The molecule has 0 aliphatic carbocycles. The fraction of sp³-hybridized carbons (Fsp3) is 0.172. The van der Waals surface area contributed by atoms with Gasteiger partial charge in [-0.05, 0) is 61.4 Å². The lowest BCUT2D eigenvalue weighted by Crippen LogP contribution is -2.39. The SMILES string of the molecule is C=CC(=O)N1CC[C@H](NC(=O)c2sc3nccc4c3c2NC(=O)N4c2ccc(Oc3ccccc3)cc2C)C1.S. The van der Waals surface area contributed by atoms with Crippen LogP contribution < -0.4 is 20.3 Å². The van der Waals surface area contributed by atoms with Crippen LogP contribution in [-0.2, 0) is 4.79 Å². The Kier molecular flexibility index (Phi) is 7.51. The Morgan fingerprint density at radius 3 is 2.70 bits per heavy atom. The van der Waals surface area contributed by atoms with Crippen molar-refractivity contribution in [2.75, 3.05) is 23.3 Å². The van der Waals surface area contributed by atoms with Crippen LogP contribution in [0.3, 0.4) is 0 Å². The molecule has 2 aliphatic heterocycles. The number of urea groups is 1. The number of aromatic nitrogens is 1. The van der Waals surface area contributed by atoms with Gasteiger partial charge >= 0.3 is 6.03 Å². The summed E-state index contributed by atoms with van der Waals surface area (Å²) in [6.07, 6.45) is 3.57. The first-order chi connectivity index (χ1) is 18.9. The molecule has 11 heteroatoms. The number of thiophene rings is 1. The Bertz CT molecular complexity index is 1640. The van der Waals surface area contributed by atoms with Crippen LogP contribution in [0.2, 0.25) is 0 Å². The molecule has 0 saturated carbocycles. The van der Waals surface area contributed by atoms with Crippen LogP contribution in [0, 0.1) is 6.92 Å². The van der Waals surface area contributed by atoms with Gasteiger partial charge in [0.05, 0.1) is 22.4 Å². The van der Waals surface area contributed by atoms with E-state index >= 15 is 0 Å². The molecule has 204 valence electrons. The number of para-hydroxylation sites is 1. The van der Waals surface area contributed by atoms with E-state index in [9.17, 15) is 14.4 Å². The summed E-state index contributed by atoms with van der Waals surface area (Å²) in [7, 11) is 0. The molecule has 1 atom stereocenters. The van der Waals surface area contributed by atoms with Crippen molar-refractivity contribution in [2.45, 2.75) is 19.4 Å². The van der Waals surface area contributed by atoms with E-state index in [1.807, 2.05) is 55.5 Å². The number of likely N-dealkylation sites (tertiary alicyclic amines) is 1. The molecule has 4 heterocycles. The molecule has 0 radical (unpaired) electrons. The van der Waals surface area contributed by atoms with Crippen LogP contribution in [0.5, 0.6) is 11.5 Å². The van der Waals surface area contributed by atoms with E-state index in [0.29, 0.717) is 57.4 Å². The van der Waals surface area contributed by atoms with Crippen LogP contribution in [-0.4, -0.2) is 46.9 Å². The Balaban J connectivity index is 0.00000323. The van der Waals surface area contributed by atoms with Crippen LogP contribution in [0.25, 0.3) is 10.2 Å². The molecule has 6 rings (SSSR count). The molecule has 2 aliphatic rings. The number of hydrogen-bond donors (Lipinski definition) is 2. The van der Waals surface area contributed by atoms with Gasteiger partial charge < -0.3 is 20.3 Å². The first-order valence-corrected chi connectivity index (χ1v) is 13.3. The summed E-state index contributed by atoms with van der Waals surface area (Å²) in [6, 6.07) is 16.3. The smallest absolute Gasteiger partial charge is 0.331 e. The lowest BCUT2D eigenvalue weighted by Gasteiger charge is -2.29. The minimum absolute atomic E-state index is 0. The normalized spacial score (nSPS) is 15.8. The molecule has 0 unspecified atom stereocenters. The van der Waals surface area contributed by atoms with E-state index in [4.69, 9.17) is 4.74 Å². The second-order valence-electron chi connectivity index (χ2n) is 9.39. The monoisotopic (exact) mass is 573 g/mol. The maximum Gasteiger partial charge on any atom is 0.331 e. The van der Waals surface area contributed by atoms with Crippen molar-refractivity contribution in [1.82, 2.24) is 15.2 Å². The number of aryl methyl sites for hydroxylation is 1. The number of ether oxygens (including phenoxy) is 1. The van der Waals surface area contributed by atoms with Gasteiger partial charge in [0, 0.05) is 25.3 Å². The highest BCUT2D eigenvalue weighted by Gasteiger charge is 2.34. The number of pyridine rings is 1. The molecule has 2 aromatic heterocycles. The number of anilines is 3. The zero-order chi connectivity index (χ0) is 27.1. The number of nitrogens with one attached hydrogen (secondary N) is 2. The Labute approximate surface area is 241 Å². The number of amides is 4. The minimum atomic E-state index is -0.370. The van der Waals surface area contributed by atoms with Crippen molar-refractivity contribution in [3.05, 3.63) is 83.9 Å². The lowest BCUT2D eigenvalue weighted by molar-refractivity contribution is -0.125. The molecular weight excluding hydrogens is 546 g/mol.